The van der Waals surface area contributed by atoms with E-state index in [9.17, 15) is 27.2 Å². The number of pyridine rings is 1. The maximum absolute atomic E-state index is 14.1. The number of carbonyl (C=O) groups excluding carboxylic acids is 1. The fourth-order valence-electron chi connectivity index (χ4n) is 4.53. The lowest BCUT2D eigenvalue weighted by atomic mass is 9.97. The molecule has 2 aromatic heterocycles. The van der Waals surface area contributed by atoms with E-state index < -0.39 is 29.7 Å². The Morgan fingerprint density at radius 1 is 1.14 bits per heavy atom. The fourth-order valence-corrected chi connectivity index (χ4v) is 5.53. The van der Waals surface area contributed by atoms with Crippen molar-refractivity contribution in [1.82, 2.24) is 14.5 Å². The molecule has 1 aromatic carbocycles. The van der Waals surface area contributed by atoms with Crippen LogP contribution in [0.15, 0.2) is 51.9 Å². The quantitative estimate of drug-likeness (QED) is 0.426. The largest absolute Gasteiger partial charge is 0.387 e. The molecule has 0 radical (unpaired) electrons. The van der Waals surface area contributed by atoms with Crippen LogP contribution in [-0.2, 0) is 16.2 Å². The highest BCUT2D eigenvalue weighted by Crippen LogP contribution is 2.35. The Kier molecular flexibility index (Phi) is 7.09. The summed E-state index contributed by atoms with van der Waals surface area (Å²) >= 11 is 1.45. The van der Waals surface area contributed by atoms with Gasteiger partial charge in [-0.25, -0.2) is 22.5 Å². The Labute approximate surface area is 213 Å². The van der Waals surface area contributed by atoms with Crippen LogP contribution in [0.5, 0.6) is 0 Å². The third kappa shape index (κ3) is 5.29. The van der Waals surface area contributed by atoms with Gasteiger partial charge in [-0.1, -0.05) is 11.2 Å². The van der Waals surface area contributed by atoms with E-state index in [1.807, 2.05) is 5.38 Å². The Morgan fingerprint density at radius 3 is 2.57 bits per heavy atom. The van der Waals surface area contributed by atoms with Crippen molar-refractivity contribution in [2.24, 2.45) is 5.16 Å². The molecule has 1 unspecified atom stereocenters. The molecule has 5 rings (SSSR count). The summed E-state index contributed by atoms with van der Waals surface area (Å²) in [6, 6.07) is 5.74. The van der Waals surface area contributed by atoms with Gasteiger partial charge in [0, 0.05) is 48.6 Å². The molecule has 2 aliphatic heterocycles. The summed E-state index contributed by atoms with van der Waals surface area (Å²) < 4.78 is 55.1. The minimum absolute atomic E-state index is 0.107. The summed E-state index contributed by atoms with van der Waals surface area (Å²) in [6.07, 6.45) is -1.07. The number of thiazole rings is 1. The number of likely N-dealkylation sites (tertiary alicyclic amines) is 1. The van der Waals surface area contributed by atoms with Crippen LogP contribution in [0.2, 0.25) is 0 Å². The SMILES string of the molecule is O=C(Cn1cc(C(F)F)ccc1=O)N1CCC(c2nc(C3=NOC(c4c(F)cccc4F)C3)cs2)CC1. The number of hydrogen-bond acceptors (Lipinski definition) is 6. The third-order valence-corrected chi connectivity index (χ3v) is 7.58. The van der Waals surface area contributed by atoms with Gasteiger partial charge in [0.05, 0.1) is 16.3 Å². The smallest absolute Gasteiger partial charge is 0.265 e. The monoisotopic (exact) mass is 534 g/mol. The molecule has 37 heavy (non-hydrogen) atoms. The van der Waals surface area contributed by atoms with E-state index in [2.05, 4.69) is 10.1 Å². The molecule has 2 aliphatic rings. The second kappa shape index (κ2) is 10.4. The lowest BCUT2D eigenvalue weighted by Gasteiger charge is -2.31. The van der Waals surface area contributed by atoms with Gasteiger partial charge in [-0.3, -0.25) is 9.59 Å². The van der Waals surface area contributed by atoms with Crippen molar-refractivity contribution in [3.63, 3.8) is 0 Å². The summed E-state index contributed by atoms with van der Waals surface area (Å²) in [6.45, 7) is 0.593. The highest BCUT2D eigenvalue weighted by Gasteiger charge is 2.31. The van der Waals surface area contributed by atoms with Crippen molar-refractivity contribution in [3.8, 4) is 0 Å². The molecule has 0 spiro atoms. The third-order valence-electron chi connectivity index (χ3n) is 6.57. The zero-order valence-electron chi connectivity index (χ0n) is 19.4. The number of nitrogens with zero attached hydrogens (tertiary/aromatic N) is 4. The summed E-state index contributed by atoms with van der Waals surface area (Å²) in [5.74, 6) is -1.58. The summed E-state index contributed by atoms with van der Waals surface area (Å²) in [7, 11) is 0. The van der Waals surface area contributed by atoms with Gasteiger partial charge in [0.2, 0.25) is 5.91 Å². The Balaban J connectivity index is 1.18. The Bertz CT molecular complexity index is 1380. The molecule has 0 saturated carbocycles. The van der Waals surface area contributed by atoms with Crippen molar-refractivity contribution < 1.29 is 27.2 Å². The van der Waals surface area contributed by atoms with Crippen LogP contribution in [-0.4, -0.2) is 39.2 Å². The minimum atomic E-state index is -2.73. The zero-order valence-corrected chi connectivity index (χ0v) is 20.3. The van der Waals surface area contributed by atoms with Crippen molar-refractivity contribution in [2.75, 3.05) is 13.1 Å². The van der Waals surface area contributed by atoms with E-state index in [0.717, 1.165) is 27.9 Å². The first-order valence-corrected chi connectivity index (χ1v) is 12.6. The zero-order chi connectivity index (χ0) is 26.1. The molecule has 1 amide bonds. The van der Waals surface area contributed by atoms with Gasteiger partial charge in [-0.15, -0.1) is 11.3 Å². The first-order chi connectivity index (χ1) is 17.8. The van der Waals surface area contributed by atoms with E-state index in [1.54, 1.807) is 4.90 Å². The van der Waals surface area contributed by atoms with Crippen molar-refractivity contribution in [3.05, 3.63) is 85.7 Å². The Hall–Kier alpha value is -3.54. The summed E-state index contributed by atoms with van der Waals surface area (Å²) in [4.78, 5) is 36.3. The number of carbonyl (C=O) groups is 1. The number of benzene rings is 1. The predicted octanol–water partition coefficient (Wildman–Crippen LogP) is 4.79. The number of rotatable bonds is 6. The molecule has 1 atom stereocenters. The van der Waals surface area contributed by atoms with E-state index in [0.29, 0.717) is 37.3 Å². The number of hydrogen-bond donors (Lipinski definition) is 0. The molecule has 194 valence electrons. The van der Waals surface area contributed by atoms with E-state index >= 15 is 0 Å². The van der Waals surface area contributed by atoms with Gasteiger partial charge >= 0.3 is 0 Å². The maximum atomic E-state index is 14.1. The second-order valence-corrected chi connectivity index (χ2v) is 9.82. The molecule has 3 aromatic rings. The highest BCUT2D eigenvalue weighted by atomic mass is 32.1. The number of amides is 1. The van der Waals surface area contributed by atoms with Gasteiger partial charge in [0.15, 0.2) is 6.10 Å². The highest BCUT2D eigenvalue weighted by molar-refractivity contribution is 7.10. The van der Waals surface area contributed by atoms with Crippen molar-refractivity contribution in [1.29, 1.82) is 0 Å². The van der Waals surface area contributed by atoms with Crippen molar-refractivity contribution in [2.45, 2.75) is 44.3 Å². The number of oxime groups is 1. The molecule has 1 fully saturated rings. The standard InChI is InChI=1S/C25H22F4N4O3S/c26-16-2-1-3-17(27)23(16)20-10-18(31-36-20)19-13-37-25(30-19)14-6-8-32(9-7-14)22(35)12-33-11-15(24(28)29)4-5-21(33)34/h1-5,11,13-14,20,24H,6-10,12H2. The Morgan fingerprint density at radius 2 is 1.86 bits per heavy atom. The van der Waals surface area contributed by atoms with Crippen LogP contribution in [0.25, 0.3) is 0 Å². The molecule has 0 bridgehead atoms. The molecular weight excluding hydrogens is 512 g/mol. The molecule has 1 saturated heterocycles. The fraction of sp³-hybridized carbons (Fsp3) is 0.360. The number of halogens is 4. The van der Waals surface area contributed by atoms with E-state index in [1.165, 1.54) is 29.5 Å². The minimum Gasteiger partial charge on any atom is -0.387 e. The molecular formula is C25H22F4N4O3S. The lowest BCUT2D eigenvalue weighted by molar-refractivity contribution is -0.133. The summed E-state index contributed by atoms with van der Waals surface area (Å²) in [5.41, 5.74) is 0.127. The molecule has 0 N–H and O–H groups in total. The number of aromatic nitrogens is 2. The van der Waals surface area contributed by atoms with Gasteiger partial charge < -0.3 is 14.3 Å². The van der Waals surface area contributed by atoms with Gasteiger partial charge in [-0.05, 0) is 31.0 Å². The average molecular weight is 535 g/mol. The molecule has 7 nitrogen and oxygen atoms in total. The number of alkyl halides is 2. The average Bonchev–Trinajstić information content (AvgIpc) is 3.55. The van der Waals surface area contributed by atoms with Crippen LogP contribution >= 0.6 is 11.3 Å². The second-order valence-electron chi connectivity index (χ2n) is 8.93. The van der Waals surface area contributed by atoms with Gasteiger partial charge in [0.1, 0.15) is 23.9 Å². The number of piperidine rings is 1. The van der Waals surface area contributed by atoms with Crippen LogP contribution < -0.4 is 5.56 Å². The molecule has 0 aliphatic carbocycles. The molecule has 12 heteroatoms. The van der Waals surface area contributed by atoms with E-state index in [-0.39, 0.29) is 35.9 Å². The summed E-state index contributed by atoms with van der Waals surface area (Å²) in [5, 5.41) is 6.70. The maximum Gasteiger partial charge on any atom is 0.265 e. The van der Waals surface area contributed by atoms with Crippen LogP contribution in [0.3, 0.4) is 0 Å². The first kappa shape index (κ1) is 25.1. The van der Waals surface area contributed by atoms with Crippen LogP contribution in [0.4, 0.5) is 17.6 Å². The van der Waals surface area contributed by atoms with Gasteiger partial charge in [0.25, 0.3) is 12.0 Å². The first-order valence-electron chi connectivity index (χ1n) is 11.7. The van der Waals surface area contributed by atoms with Crippen LogP contribution in [0, 0.1) is 11.6 Å². The van der Waals surface area contributed by atoms with Crippen molar-refractivity contribution >= 4 is 23.0 Å². The lowest BCUT2D eigenvalue weighted by Crippen LogP contribution is -2.41. The van der Waals surface area contributed by atoms with Gasteiger partial charge in [-0.2, -0.15) is 0 Å². The molecule has 4 heterocycles. The predicted molar refractivity (Wildman–Crippen MR) is 128 cm³/mol. The normalized spacial score (nSPS) is 18.2. The topological polar surface area (TPSA) is 76.8 Å². The van der Waals surface area contributed by atoms with Crippen LogP contribution in [0.1, 0.15) is 59.5 Å². The van der Waals surface area contributed by atoms with E-state index in [4.69, 9.17) is 4.84 Å².